The standard InChI is InChI=1S/C14H27NO/c1-2-12-3-5-14(6-4-12)15-11-13-7-9-16-10-8-13/h12-15H,2-11H2,1H3. The zero-order valence-electron chi connectivity index (χ0n) is 10.7. The van der Waals surface area contributed by atoms with Crippen molar-refractivity contribution in [1.29, 1.82) is 0 Å². The van der Waals surface area contributed by atoms with E-state index in [4.69, 9.17) is 4.74 Å². The lowest BCUT2D eigenvalue weighted by atomic mass is 9.84. The molecule has 1 heterocycles. The fourth-order valence-corrected chi connectivity index (χ4v) is 3.06. The van der Waals surface area contributed by atoms with E-state index in [1.807, 2.05) is 0 Å². The quantitative estimate of drug-likeness (QED) is 0.794. The molecule has 2 rings (SSSR count). The lowest BCUT2D eigenvalue weighted by Crippen LogP contribution is -2.37. The molecule has 1 saturated heterocycles. The second-order valence-electron chi connectivity index (χ2n) is 5.59. The summed E-state index contributed by atoms with van der Waals surface area (Å²) in [6, 6.07) is 0.811. The van der Waals surface area contributed by atoms with Gasteiger partial charge in [0.15, 0.2) is 0 Å². The van der Waals surface area contributed by atoms with Crippen molar-refractivity contribution in [3.05, 3.63) is 0 Å². The summed E-state index contributed by atoms with van der Waals surface area (Å²) in [6.07, 6.45) is 9.61. The van der Waals surface area contributed by atoms with Crippen LogP contribution in [0, 0.1) is 11.8 Å². The number of rotatable bonds is 4. The molecule has 1 N–H and O–H groups in total. The first-order chi connectivity index (χ1) is 7.88. The molecule has 0 spiro atoms. The maximum absolute atomic E-state index is 5.39. The minimum Gasteiger partial charge on any atom is -0.381 e. The van der Waals surface area contributed by atoms with Gasteiger partial charge in [0.05, 0.1) is 0 Å². The molecular formula is C14H27NO. The van der Waals surface area contributed by atoms with Gasteiger partial charge in [0.1, 0.15) is 0 Å². The fraction of sp³-hybridized carbons (Fsp3) is 1.00. The molecule has 1 aliphatic heterocycles. The third-order valence-electron chi connectivity index (χ3n) is 4.46. The van der Waals surface area contributed by atoms with Crippen LogP contribution in [0.3, 0.4) is 0 Å². The van der Waals surface area contributed by atoms with E-state index in [1.165, 1.54) is 51.5 Å². The number of ether oxygens (including phenoxy) is 1. The topological polar surface area (TPSA) is 21.3 Å². The highest BCUT2D eigenvalue weighted by molar-refractivity contribution is 4.78. The molecule has 2 heteroatoms. The molecule has 0 aromatic carbocycles. The predicted molar refractivity (Wildman–Crippen MR) is 67.6 cm³/mol. The van der Waals surface area contributed by atoms with Gasteiger partial charge in [-0.1, -0.05) is 13.3 Å². The number of hydrogen-bond donors (Lipinski definition) is 1. The zero-order valence-corrected chi connectivity index (χ0v) is 10.7. The summed E-state index contributed by atoms with van der Waals surface area (Å²) in [6.45, 7) is 5.52. The molecule has 0 aromatic rings. The molecule has 16 heavy (non-hydrogen) atoms. The Kier molecular flexibility index (Phi) is 5.11. The molecule has 0 amide bonds. The Balaban J connectivity index is 1.59. The van der Waals surface area contributed by atoms with Crippen LogP contribution in [-0.4, -0.2) is 25.8 Å². The summed E-state index contributed by atoms with van der Waals surface area (Å²) in [7, 11) is 0. The molecule has 0 atom stereocenters. The van der Waals surface area contributed by atoms with Crippen molar-refractivity contribution in [3.63, 3.8) is 0 Å². The van der Waals surface area contributed by atoms with Gasteiger partial charge in [0.2, 0.25) is 0 Å². The van der Waals surface area contributed by atoms with E-state index >= 15 is 0 Å². The van der Waals surface area contributed by atoms with E-state index in [-0.39, 0.29) is 0 Å². The first-order valence-electron chi connectivity index (χ1n) is 7.19. The maximum atomic E-state index is 5.39. The van der Waals surface area contributed by atoms with Crippen LogP contribution in [0.4, 0.5) is 0 Å². The van der Waals surface area contributed by atoms with Gasteiger partial charge in [0.25, 0.3) is 0 Å². The van der Waals surface area contributed by atoms with Crippen LogP contribution in [0.25, 0.3) is 0 Å². The molecule has 0 radical (unpaired) electrons. The first-order valence-corrected chi connectivity index (χ1v) is 7.19. The Labute approximate surface area is 100 Å². The Morgan fingerprint density at radius 1 is 0.938 bits per heavy atom. The van der Waals surface area contributed by atoms with Crippen LogP contribution < -0.4 is 5.32 Å². The largest absolute Gasteiger partial charge is 0.381 e. The highest BCUT2D eigenvalue weighted by atomic mass is 16.5. The van der Waals surface area contributed by atoms with Gasteiger partial charge in [-0.15, -0.1) is 0 Å². The van der Waals surface area contributed by atoms with Crippen LogP contribution in [-0.2, 0) is 4.74 Å². The Bertz CT molecular complexity index is 181. The van der Waals surface area contributed by atoms with E-state index in [1.54, 1.807) is 0 Å². The summed E-state index contributed by atoms with van der Waals surface area (Å²) >= 11 is 0. The van der Waals surface area contributed by atoms with Crippen molar-refractivity contribution in [3.8, 4) is 0 Å². The minimum atomic E-state index is 0.811. The lowest BCUT2D eigenvalue weighted by molar-refractivity contribution is 0.0647. The molecule has 2 fully saturated rings. The van der Waals surface area contributed by atoms with Crippen molar-refractivity contribution >= 4 is 0 Å². The van der Waals surface area contributed by atoms with Crippen LogP contribution in [0.1, 0.15) is 51.9 Å². The summed E-state index contributed by atoms with van der Waals surface area (Å²) in [5.41, 5.74) is 0. The number of hydrogen-bond acceptors (Lipinski definition) is 2. The molecule has 2 aliphatic rings. The summed E-state index contributed by atoms with van der Waals surface area (Å²) in [4.78, 5) is 0. The molecule has 0 bridgehead atoms. The summed E-state index contributed by atoms with van der Waals surface area (Å²) in [5, 5.41) is 3.78. The van der Waals surface area contributed by atoms with Gasteiger partial charge in [-0.3, -0.25) is 0 Å². The molecular weight excluding hydrogens is 198 g/mol. The third kappa shape index (κ3) is 3.74. The SMILES string of the molecule is CCC1CCC(NCC2CCOCC2)CC1. The fourth-order valence-electron chi connectivity index (χ4n) is 3.06. The Hall–Kier alpha value is -0.0800. The van der Waals surface area contributed by atoms with Crippen LogP contribution in [0.2, 0.25) is 0 Å². The van der Waals surface area contributed by atoms with Crippen molar-refractivity contribution < 1.29 is 4.74 Å². The van der Waals surface area contributed by atoms with E-state index in [9.17, 15) is 0 Å². The van der Waals surface area contributed by atoms with Crippen LogP contribution in [0.15, 0.2) is 0 Å². The Morgan fingerprint density at radius 3 is 2.25 bits per heavy atom. The lowest BCUT2D eigenvalue weighted by Gasteiger charge is -2.30. The monoisotopic (exact) mass is 225 g/mol. The molecule has 0 aromatic heterocycles. The van der Waals surface area contributed by atoms with Crippen molar-refractivity contribution in [2.75, 3.05) is 19.8 Å². The molecule has 2 nitrogen and oxygen atoms in total. The third-order valence-corrected chi connectivity index (χ3v) is 4.46. The smallest absolute Gasteiger partial charge is 0.0469 e. The second kappa shape index (κ2) is 6.61. The van der Waals surface area contributed by atoms with Gasteiger partial charge in [0, 0.05) is 19.3 Å². The summed E-state index contributed by atoms with van der Waals surface area (Å²) < 4.78 is 5.39. The first kappa shape index (κ1) is 12.4. The average Bonchev–Trinajstić information content (AvgIpc) is 2.38. The van der Waals surface area contributed by atoms with Gasteiger partial charge >= 0.3 is 0 Å². The van der Waals surface area contributed by atoms with Gasteiger partial charge in [-0.25, -0.2) is 0 Å². The zero-order chi connectivity index (χ0) is 11.2. The number of nitrogens with one attached hydrogen (secondary N) is 1. The van der Waals surface area contributed by atoms with Gasteiger partial charge < -0.3 is 10.1 Å². The van der Waals surface area contributed by atoms with E-state index < -0.39 is 0 Å². The summed E-state index contributed by atoms with van der Waals surface area (Å²) in [5.74, 6) is 1.89. The molecule has 0 unspecified atom stereocenters. The highest BCUT2D eigenvalue weighted by Gasteiger charge is 2.21. The van der Waals surface area contributed by atoms with E-state index in [2.05, 4.69) is 12.2 Å². The van der Waals surface area contributed by atoms with Gasteiger partial charge in [-0.05, 0) is 56.9 Å². The average molecular weight is 225 g/mol. The highest BCUT2D eigenvalue weighted by Crippen LogP contribution is 2.26. The van der Waals surface area contributed by atoms with Crippen LogP contribution in [0.5, 0.6) is 0 Å². The van der Waals surface area contributed by atoms with Crippen molar-refractivity contribution in [1.82, 2.24) is 5.32 Å². The molecule has 94 valence electrons. The molecule has 1 aliphatic carbocycles. The normalized spacial score (nSPS) is 32.8. The van der Waals surface area contributed by atoms with Crippen LogP contribution >= 0.6 is 0 Å². The van der Waals surface area contributed by atoms with Crippen molar-refractivity contribution in [2.45, 2.75) is 57.9 Å². The Morgan fingerprint density at radius 2 is 1.62 bits per heavy atom. The van der Waals surface area contributed by atoms with E-state index in [0.717, 1.165) is 31.1 Å². The second-order valence-corrected chi connectivity index (χ2v) is 5.59. The predicted octanol–water partition coefficient (Wildman–Crippen LogP) is 2.97. The van der Waals surface area contributed by atoms with E-state index in [0.29, 0.717) is 0 Å². The molecule has 1 saturated carbocycles. The van der Waals surface area contributed by atoms with Crippen molar-refractivity contribution in [2.24, 2.45) is 11.8 Å². The van der Waals surface area contributed by atoms with Gasteiger partial charge in [-0.2, -0.15) is 0 Å². The minimum absolute atomic E-state index is 0.811. The maximum Gasteiger partial charge on any atom is 0.0469 e.